The van der Waals surface area contributed by atoms with Crippen LogP contribution >= 0.6 is 11.6 Å². The smallest absolute Gasteiger partial charge is 0.157 e. The van der Waals surface area contributed by atoms with Crippen LogP contribution in [0, 0.1) is 0 Å². The molecular formula is C25H19ClN4O. The Labute approximate surface area is 184 Å². The molecule has 0 atom stereocenters. The third-order valence-corrected chi connectivity index (χ3v) is 5.42. The van der Waals surface area contributed by atoms with Crippen molar-refractivity contribution < 1.29 is 4.42 Å². The van der Waals surface area contributed by atoms with Gasteiger partial charge in [-0.2, -0.15) is 5.10 Å². The molecular weight excluding hydrogens is 408 g/mol. The predicted octanol–water partition coefficient (Wildman–Crippen LogP) is 6.19. The number of aryl methyl sites for hydroxylation is 1. The van der Waals surface area contributed by atoms with Crippen molar-refractivity contribution in [3.05, 3.63) is 95.1 Å². The molecule has 5 nitrogen and oxygen atoms in total. The van der Waals surface area contributed by atoms with Gasteiger partial charge in [-0.25, -0.2) is 9.97 Å². The zero-order valence-corrected chi connectivity index (χ0v) is 17.6. The molecule has 2 aromatic heterocycles. The lowest BCUT2D eigenvalue weighted by Crippen LogP contribution is -2.08. The molecule has 1 N–H and O–H groups in total. The molecule has 3 aromatic carbocycles. The summed E-state index contributed by atoms with van der Waals surface area (Å²) in [4.78, 5) is 8.68. The van der Waals surface area contributed by atoms with E-state index in [1.807, 2.05) is 60.7 Å². The summed E-state index contributed by atoms with van der Waals surface area (Å²) in [6, 6.07) is 23.5. The molecule has 5 rings (SSSR count). The van der Waals surface area contributed by atoms with E-state index in [2.05, 4.69) is 34.5 Å². The van der Waals surface area contributed by atoms with Crippen LogP contribution in [0.3, 0.4) is 0 Å². The highest BCUT2D eigenvalue weighted by Crippen LogP contribution is 2.25. The van der Waals surface area contributed by atoms with Crippen molar-refractivity contribution >= 4 is 39.3 Å². The summed E-state index contributed by atoms with van der Waals surface area (Å²) in [5.41, 5.74) is 6.89. The van der Waals surface area contributed by atoms with Gasteiger partial charge in [-0.3, -0.25) is 5.43 Å². The SMILES string of the molecule is CCc1ccc2oc(-c3ccc(Cl)cc3)cc(=NNc3ncnc4ccccc34)c2c1. The Morgan fingerprint density at radius 3 is 2.61 bits per heavy atom. The molecule has 0 amide bonds. The van der Waals surface area contributed by atoms with Crippen LogP contribution in [-0.2, 0) is 6.42 Å². The van der Waals surface area contributed by atoms with E-state index in [4.69, 9.17) is 21.1 Å². The summed E-state index contributed by atoms with van der Waals surface area (Å²) in [6.45, 7) is 2.13. The van der Waals surface area contributed by atoms with Gasteiger partial charge in [0.1, 0.15) is 17.7 Å². The number of hydrogen-bond acceptors (Lipinski definition) is 5. The van der Waals surface area contributed by atoms with Crippen LogP contribution in [0.1, 0.15) is 12.5 Å². The van der Waals surface area contributed by atoms with Crippen LogP contribution in [0.5, 0.6) is 0 Å². The molecule has 31 heavy (non-hydrogen) atoms. The van der Waals surface area contributed by atoms with Gasteiger partial charge in [0.05, 0.1) is 10.9 Å². The minimum atomic E-state index is 0.652. The van der Waals surface area contributed by atoms with Crippen LogP contribution in [0.15, 0.2) is 88.6 Å². The molecule has 2 heterocycles. The number of fused-ring (bicyclic) bond motifs is 2. The van der Waals surface area contributed by atoms with Gasteiger partial charge in [-0.1, -0.05) is 36.7 Å². The zero-order chi connectivity index (χ0) is 21.2. The minimum Gasteiger partial charge on any atom is -0.456 e. The fourth-order valence-corrected chi connectivity index (χ4v) is 3.62. The van der Waals surface area contributed by atoms with Gasteiger partial charge in [0.15, 0.2) is 5.82 Å². The second kappa shape index (κ2) is 8.20. The Bertz CT molecular complexity index is 1450. The van der Waals surface area contributed by atoms with Gasteiger partial charge in [-0.15, -0.1) is 0 Å². The van der Waals surface area contributed by atoms with E-state index in [-0.39, 0.29) is 0 Å². The van der Waals surface area contributed by atoms with Crippen LogP contribution < -0.4 is 10.8 Å². The van der Waals surface area contributed by atoms with Crippen LogP contribution in [-0.4, -0.2) is 9.97 Å². The second-order valence-electron chi connectivity index (χ2n) is 7.15. The number of nitrogens with zero attached hydrogens (tertiary/aromatic N) is 3. The molecule has 0 radical (unpaired) electrons. The molecule has 0 spiro atoms. The summed E-state index contributed by atoms with van der Waals surface area (Å²) in [5.74, 6) is 1.36. The van der Waals surface area contributed by atoms with E-state index in [1.54, 1.807) is 0 Å². The first-order valence-electron chi connectivity index (χ1n) is 10.0. The topological polar surface area (TPSA) is 63.3 Å². The first kappa shape index (κ1) is 19.3. The van der Waals surface area contributed by atoms with Gasteiger partial charge >= 0.3 is 0 Å². The highest BCUT2D eigenvalue weighted by atomic mass is 35.5. The highest BCUT2D eigenvalue weighted by molar-refractivity contribution is 6.30. The minimum absolute atomic E-state index is 0.652. The fourth-order valence-electron chi connectivity index (χ4n) is 3.49. The van der Waals surface area contributed by atoms with Crippen molar-refractivity contribution in [2.75, 3.05) is 5.43 Å². The molecule has 0 aliphatic carbocycles. The summed E-state index contributed by atoms with van der Waals surface area (Å²) in [5, 5.41) is 8.00. The molecule has 152 valence electrons. The Hall–Kier alpha value is -3.70. The lowest BCUT2D eigenvalue weighted by atomic mass is 10.1. The van der Waals surface area contributed by atoms with E-state index < -0.39 is 0 Å². The van der Waals surface area contributed by atoms with Gasteiger partial charge in [0, 0.05) is 27.4 Å². The average molecular weight is 427 g/mol. The number of aromatic nitrogens is 2. The van der Waals surface area contributed by atoms with E-state index in [1.165, 1.54) is 11.9 Å². The third-order valence-electron chi connectivity index (χ3n) is 5.17. The van der Waals surface area contributed by atoms with Gasteiger partial charge in [-0.05, 0) is 60.5 Å². The molecule has 5 aromatic rings. The van der Waals surface area contributed by atoms with Crippen LogP contribution in [0.25, 0.3) is 33.2 Å². The summed E-state index contributed by atoms with van der Waals surface area (Å²) < 4.78 is 6.19. The summed E-state index contributed by atoms with van der Waals surface area (Å²) in [6.07, 6.45) is 2.46. The molecule has 0 aliphatic heterocycles. The first-order valence-corrected chi connectivity index (χ1v) is 10.4. The van der Waals surface area contributed by atoms with Crippen molar-refractivity contribution in [1.82, 2.24) is 9.97 Å². The van der Waals surface area contributed by atoms with E-state index >= 15 is 0 Å². The monoisotopic (exact) mass is 426 g/mol. The molecule has 0 unspecified atom stereocenters. The Morgan fingerprint density at radius 2 is 1.77 bits per heavy atom. The molecule has 0 bridgehead atoms. The Balaban J connectivity index is 1.68. The van der Waals surface area contributed by atoms with Crippen molar-refractivity contribution in [1.29, 1.82) is 0 Å². The molecule has 0 saturated carbocycles. The molecule has 0 aliphatic rings. The van der Waals surface area contributed by atoms with Crippen LogP contribution in [0.2, 0.25) is 5.02 Å². The van der Waals surface area contributed by atoms with Crippen molar-refractivity contribution in [2.45, 2.75) is 13.3 Å². The predicted molar refractivity (Wildman–Crippen MR) is 125 cm³/mol. The normalized spacial score (nSPS) is 11.9. The largest absolute Gasteiger partial charge is 0.456 e. The number of para-hydroxylation sites is 1. The number of benzene rings is 3. The summed E-state index contributed by atoms with van der Waals surface area (Å²) >= 11 is 6.05. The van der Waals surface area contributed by atoms with Gasteiger partial charge < -0.3 is 4.42 Å². The number of nitrogens with one attached hydrogen (secondary N) is 1. The molecule has 0 fully saturated rings. The van der Waals surface area contributed by atoms with Gasteiger partial charge in [0.25, 0.3) is 0 Å². The van der Waals surface area contributed by atoms with Crippen LogP contribution in [0.4, 0.5) is 5.82 Å². The Kier molecular flexibility index (Phi) is 5.10. The van der Waals surface area contributed by atoms with Crippen molar-refractivity contribution in [3.63, 3.8) is 0 Å². The first-order chi connectivity index (χ1) is 15.2. The number of hydrogen-bond donors (Lipinski definition) is 1. The molecule has 0 saturated heterocycles. The lowest BCUT2D eigenvalue weighted by Gasteiger charge is -2.08. The number of rotatable bonds is 4. The van der Waals surface area contributed by atoms with E-state index in [0.717, 1.165) is 39.2 Å². The zero-order valence-electron chi connectivity index (χ0n) is 16.8. The maximum Gasteiger partial charge on any atom is 0.157 e. The number of anilines is 1. The van der Waals surface area contributed by atoms with Crippen molar-refractivity contribution in [2.24, 2.45) is 5.10 Å². The fraction of sp³-hybridized carbons (Fsp3) is 0.0800. The Morgan fingerprint density at radius 1 is 0.935 bits per heavy atom. The van der Waals surface area contributed by atoms with E-state index in [0.29, 0.717) is 16.6 Å². The lowest BCUT2D eigenvalue weighted by molar-refractivity contribution is 0.618. The van der Waals surface area contributed by atoms with E-state index in [9.17, 15) is 0 Å². The highest BCUT2D eigenvalue weighted by Gasteiger charge is 2.08. The second-order valence-corrected chi connectivity index (χ2v) is 7.59. The van der Waals surface area contributed by atoms with Crippen molar-refractivity contribution in [3.8, 4) is 11.3 Å². The maximum atomic E-state index is 6.19. The quantitative estimate of drug-likeness (QED) is 0.348. The standard InChI is InChI=1S/C25H19ClN4O/c1-2-16-7-12-23-20(13-16)22(14-24(31-23)17-8-10-18(26)11-9-17)29-30-25-19-5-3-4-6-21(19)27-15-28-25/h3-15H,2H2,1H3,(H,27,28,30). The maximum absolute atomic E-state index is 6.19. The average Bonchev–Trinajstić information content (AvgIpc) is 2.82. The number of halogens is 1. The molecule has 6 heteroatoms. The summed E-state index contributed by atoms with van der Waals surface area (Å²) in [7, 11) is 0. The third kappa shape index (κ3) is 3.88. The van der Waals surface area contributed by atoms with Gasteiger partial charge in [0.2, 0.25) is 0 Å².